The molecule has 1 atom stereocenters. The van der Waals surface area contributed by atoms with Crippen LogP contribution in [0.2, 0.25) is 0 Å². The van der Waals surface area contributed by atoms with Crippen molar-refractivity contribution in [3.05, 3.63) is 52.5 Å². The summed E-state index contributed by atoms with van der Waals surface area (Å²) in [6.45, 7) is 3.71. The number of amides is 2. The van der Waals surface area contributed by atoms with Crippen molar-refractivity contribution in [1.29, 1.82) is 0 Å². The van der Waals surface area contributed by atoms with Crippen molar-refractivity contribution in [1.82, 2.24) is 9.80 Å². The average molecular weight is 376 g/mol. The summed E-state index contributed by atoms with van der Waals surface area (Å²) in [7, 11) is 0. The number of piperazine rings is 1. The highest BCUT2D eigenvalue weighted by Crippen LogP contribution is 2.20. The monoisotopic (exact) mass is 376 g/mol. The molecule has 1 aliphatic rings. The van der Waals surface area contributed by atoms with E-state index in [4.69, 9.17) is 4.74 Å². The molecule has 26 heavy (non-hydrogen) atoms. The lowest BCUT2D eigenvalue weighted by Gasteiger charge is -2.36. The van der Waals surface area contributed by atoms with Gasteiger partial charge in [0.15, 0.2) is 17.7 Å². The molecule has 3 rings (SSSR count). The van der Waals surface area contributed by atoms with E-state index in [9.17, 15) is 14.0 Å². The molecule has 0 bridgehead atoms. The minimum Gasteiger partial charge on any atom is -0.478 e. The van der Waals surface area contributed by atoms with Crippen LogP contribution >= 0.6 is 11.3 Å². The van der Waals surface area contributed by atoms with Crippen molar-refractivity contribution in [2.75, 3.05) is 26.2 Å². The van der Waals surface area contributed by atoms with Gasteiger partial charge in [-0.1, -0.05) is 25.1 Å². The number of para-hydroxylation sites is 1. The number of benzene rings is 1. The summed E-state index contributed by atoms with van der Waals surface area (Å²) in [6, 6.07) is 9.73. The maximum Gasteiger partial charge on any atom is 0.264 e. The van der Waals surface area contributed by atoms with Crippen molar-refractivity contribution in [2.45, 2.75) is 19.4 Å². The first-order chi connectivity index (χ1) is 12.6. The molecule has 0 N–H and O–H groups in total. The third-order valence-electron chi connectivity index (χ3n) is 4.36. The zero-order valence-electron chi connectivity index (χ0n) is 14.6. The molecule has 1 fully saturated rings. The summed E-state index contributed by atoms with van der Waals surface area (Å²) >= 11 is 1.42. The second kappa shape index (κ2) is 8.31. The normalized spacial score (nSPS) is 15.6. The van der Waals surface area contributed by atoms with Gasteiger partial charge in [0.05, 0.1) is 4.88 Å². The van der Waals surface area contributed by atoms with E-state index in [1.807, 2.05) is 18.4 Å². The van der Waals surface area contributed by atoms with Gasteiger partial charge in [0, 0.05) is 26.2 Å². The van der Waals surface area contributed by atoms with Crippen molar-refractivity contribution in [2.24, 2.45) is 0 Å². The maximum absolute atomic E-state index is 13.8. The number of hydrogen-bond donors (Lipinski definition) is 0. The summed E-state index contributed by atoms with van der Waals surface area (Å²) in [5.74, 6) is -0.565. The molecule has 1 unspecified atom stereocenters. The quantitative estimate of drug-likeness (QED) is 0.806. The van der Waals surface area contributed by atoms with Crippen LogP contribution in [0.15, 0.2) is 41.8 Å². The van der Waals surface area contributed by atoms with Crippen LogP contribution in [0, 0.1) is 5.82 Å². The molecule has 1 saturated heterocycles. The van der Waals surface area contributed by atoms with E-state index in [1.54, 1.807) is 28.0 Å². The summed E-state index contributed by atoms with van der Waals surface area (Å²) in [5, 5.41) is 1.87. The van der Waals surface area contributed by atoms with Crippen LogP contribution in [0.1, 0.15) is 23.0 Å². The Balaban J connectivity index is 1.58. The van der Waals surface area contributed by atoms with Crippen molar-refractivity contribution in [3.8, 4) is 5.75 Å². The smallest absolute Gasteiger partial charge is 0.264 e. The highest BCUT2D eigenvalue weighted by molar-refractivity contribution is 7.12. The first-order valence-corrected chi connectivity index (χ1v) is 9.51. The Kier molecular flexibility index (Phi) is 5.88. The number of thiophene rings is 1. The van der Waals surface area contributed by atoms with E-state index in [0.29, 0.717) is 37.5 Å². The van der Waals surface area contributed by atoms with E-state index in [0.717, 1.165) is 0 Å². The van der Waals surface area contributed by atoms with Gasteiger partial charge in [0.25, 0.3) is 11.8 Å². The molecule has 5 nitrogen and oxygen atoms in total. The number of carbonyl (C=O) groups excluding carboxylic acids is 2. The van der Waals surface area contributed by atoms with Crippen LogP contribution in [-0.4, -0.2) is 53.9 Å². The zero-order chi connectivity index (χ0) is 18.5. The molecule has 0 spiro atoms. The number of ether oxygens (including phenoxy) is 1. The fraction of sp³-hybridized carbons (Fsp3) is 0.368. The molecule has 1 aliphatic heterocycles. The first-order valence-electron chi connectivity index (χ1n) is 8.63. The Morgan fingerprint density at radius 3 is 2.42 bits per heavy atom. The zero-order valence-corrected chi connectivity index (χ0v) is 15.4. The highest BCUT2D eigenvalue weighted by atomic mass is 32.1. The molecule has 0 radical (unpaired) electrons. The fourth-order valence-corrected chi connectivity index (χ4v) is 3.58. The van der Waals surface area contributed by atoms with Gasteiger partial charge in [0.1, 0.15) is 0 Å². The van der Waals surface area contributed by atoms with Crippen molar-refractivity contribution >= 4 is 23.2 Å². The standard InChI is InChI=1S/C19H21FN2O3S/c1-2-15(25-16-7-4-3-6-14(16)20)18(23)21-9-11-22(12-10-21)19(24)17-8-5-13-26-17/h3-8,13,15H,2,9-12H2,1H3. The molecular formula is C19H21FN2O3S. The second-order valence-electron chi connectivity index (χ2n) is 6.04. The summed E-state index contributed by atoms with van der Waals surface area (Å²) in [6.07, 6.45) is -0.284. The number of nitrogens with zero attached hydrogens (tertiary/aromatic N) is 2. The maximum atomic E-state index is 13.8. The van der Waals surface area contributed by atoms with Crippen LogP contribution in [0.25, 0.3) is 0 Å². The molecule has 2 heterocycles. The predicted molar refractivity (Wildman–Crippen MR) is 97.9 cm³/mol. The lowest BCUT2D eigenvalue weighted by molar-refractivity contribution is -0.140. The lowest BCUT2D eigenvalue weighted by atomic mass is 10.2. The number of hydrogen-bond acceptors (Lipinski definition) is 4. The molecule has 0 saturated carbocycles. The topological polar surface area (TPSA) is 49.9 Å². The van der Waals surface area contributed by atoms with Crippen molar-refractivity contribution in [3.63, 3.8) is 0 Å². The minimum atomic E-state index is -0.730. The molecular weight excluding hydrogens is 355 g/mol. The average Bonchev–Trinajstić information content (AvgIpc) is 3.21. The SMILES string of the molecule is CCC(Oc1ccccc1F)C(=O)N1CCN(C(=O)c2cccs2)CC1. The van der Waals surface area contributed by atoms with Gasteiger partial charge in [-0.3, -0.25) is 9.59 Å². The predicted octanol–water partition coefficient (Wildman–Crippen LogP) is 3.03. The molecule has 138 valence electrons. The van der Waals surface area contributed by atoms with Gasteiger partial charge in [-0.15, -0.1) is 11.3 Å². The lowest BCUT2D eigenvalue weighted by Crippen LogP contribution is -2.53. The molecule has 1 aromatic heterocycles. The Hall–Kier alpha value is -2.41. The van der Waals surface area contributed by atoms with Crippen LogP contribution in [0.5, 0.6) is 5.75 Å². The molecule has 0 aliphatic carbocycles. The number of rotatable bonds is 5. The fourth-order valence-electron chi connectivity index (χ4n) is 2.89. The Morgan fingerprint density at radius 2 is 1.81 bits per heavy atom. The van der Waals surface area contributed by atoms with Crippen LogP contribution in [0.4, 0.5) is 4.39 Å². The highest BCUT2D eigenvalue weighted by Gasteiger charge is 2.30. The first kappa shape index (κ1) is 18.4. The van der Waals surface area contributed by atoms with E-state index in [1.165, 1.54) is 23.5 Å². The molecule has 2 aromatic rings. The summed E-state index contributed by atoms with van der Waals surface area (Å²) in [5.41, 5.74) is 0. The van der Waals surface area contributed by atoms with Gasteiger partial charge in [-0.25, -0.2) is 4.39 Å². The van der Waals surface area contributed by atoms with Gasteiger partial charge in [-0.2, -0.15) is 0 Å². The largest absolute Gasteiger partial charge is 0.478 e. The van der Waals surface area contributed by atoms with Crippen LogP contribution in [0.3, 0.4) is 0 Å². The summed E-state index contributed by atoms with van der Waals surface area (Å²) < 4.78 is 19.4. The van der Waals surface area contributed by atoms with Gasteiger partial charge < -0.3 is 14.5 Å². The number of halogens is 1. The Bertz CT molecular complexity index is 758. The molecule has 1 aromatic carbocycles. The third-order valence-corrected chi connectivity index (χ3v) is 5.22. The van der Waals surface area contributed by atoms with E-state index in [2.05, 4.69) is 0 Å². The molecule has 7 heteroatoms. The third kappa shape index (κ3) is 4.04. The van der Waals surface area contributed by atoms with Gasteiger partial charge in [0.2, 0.25) is 0 Å². The Morgan fingerprint density at radius 1 is 1.12 bits per heavy atom. The van der Waals surface area contributed by atoms with E-state index >= 15 is 0 Å². The Labute approximate surface area is 156 Å². The van der Waals surface area contributed by atoms with Gasteiger partial charge in [-0.05, 0) is 30.0 Å². The van der Waals surface area contributed by atoms with Crippen LogP contribution in [-0.2, 0) is 4.79 Å². The van der Waals surface area contributed by atoms with Crippen molar-refractivity contribution < 1.29 is 18.7 Å². The van der Waals surface area contributed by atoms with Crippen LogP contribution < -0.4 is 4.74 Å². The van der Waals surface area contributed by atoms with E-state index < -0.39 is 11.9 Å². The second-order valence-corrected chi connectivity index (χ2v) is 6.99. The van der Waals surface area contributed by atoms with E-state index in [-0.39, 0.29) is 17.6 Å². The summed E-state index contributed by atoms with van der Waals surface area (Å²) in [4.78, 5) is 29.3. The minimum absolute atomic E-state index is 0.00162. The van der Waals surface area contributed by atoms with Gasteiger partial charge >= 0.3 is 0 Å². The number of carbonyl (C=O) groups is 2. The molecule has 2 amide bonds.